The monoisotopic (exact) mass is 507 g/mol. The van der Waals surface area contributed by atoms with E-state index in [2.05, 4.69) is 5.32 Å². The van der Waals surface area contributed by atoms with Crippen molar-refractivity contribution < 1.29 is 18.7 Å². The molecule has 0 saturated carbocycles. The fraction of sp³-hybridized carbons (Fsp3) is 0.222. The summed E-state index contributed by atoms with van der Waals surface area (Å²) in [5.74, 6) is 0.849. The van der Waals surface area contributed by atoms with Crippen LogP contribution in [0.3, 0.4) is 0 Å². The summed E-state index contributed by atoms with van der Waals surface area (Å²) in [7, 11) is 3.06. The first-order valence-electron chi connectivity index (χ1n) is 11.4. The van der Waals surface area contributed by atoms with E-state index in [1.54, 1.807) is 42.5 Å². The number of carbonyl (C=O) groups excluding carboxylic acids is 1. The van der Waals surface area contributed by atoms with Gasteiger partial charge in [-0.25, -0.2) is 9.37 Å². The summed E-state index contributed by atoms with van der Waals surface area (Å²) in [6.45, 7) is 2.53. The highest BCUT2D eigenvalue weighted by atomic mass is 32.2. The van der Waals surface area contributed by atoms with Gasteiger partial charge in [0.15, 0.2) is 5.16 Å². The molecule has 0 fully saturated rings. The smallest absolute Gasteiger partial charge is 0.266 e. The van der Waals surface area contributed by atoms with Gasteiger partial charge in [-0.05, 0) is 42.3 Å². The topological polar surface area (TPSA) is 82.5 Å². The van der Waals surface area contributed by atoms with E-state index in [4.69, 9.17) is 14.5 Å². The van der Waals surface area contributed by atoms with Gasteiger partial charge in [-0.15, -0.1) is 0 Å². The van der Waals surface area contributed by atoms with Gasteiger partial charge in [-0.1, -0.05) is 30.8 Å². The Kier molecular flexibility index (Phi) is 7.90. The number of halogens is 1. The van der Waals surface area contributed by atoms with Crippen LogP contribution in [0.25, 0.3) is 16.6 Å². The predicted molar refractivity (Wildman–Crippen MR) is 139 cm³/mol. The van der Waals surface area contributed by atoms with Gasteiger partial charge >= 0.3 is 0 Å². The van der Waals surface area contributed by atoms with E-state index >= 15 is 0 Å². The predicted octanol–water partition coefficient (Wildman–Crippen LogP) is 4.97. The van der Waals surface area contributed by atoms with Crippen LogP contribution in [0.2, 0.25) is 0 Å². The van der Waals surface area contributed by atoms with Gasteiger partial charge in [0.2, 0.25) is 0 Å². The first-order valence-corrected chi connectivity index (χ1v) is 12.4. The summed E-state index contributed by atoms with van der Waals surface area (Å²) >= 11 is 1.29. The minimum Gasteiger partial charge on any atom is -0.497 e. The van der Waals surface area contributed by atoms with E-state index in [9.17, 15) is 14.0 Å². The fourth-order valence-corrected chi connectivity index (χ4v) is 4.62. The number of nitrogens with zero attached hydrogens (tertiary/aromatic N) is 2. The molecule has 0 unspecified atom stereocenters. The molecule has 3 aromatic carbocycles. The average molecular weight is 508 g/mol. The molecule has 1 heterocycles. The van der Waals surface area contributed by atoms with Crippen molar-refractivity contribution in [2.75, 3.05) is 20.8 Å². The van der Waals surface area contributed by atoms with Crippen LogP contribution in [-0.4, -0.2) is 36.2 Å². The number of nitrogens with one attached hydrogen (secondary N) is 1. The summed E-state index contributed by atoms with van der Waals surface area (Å²) < 4.78 is 26.0. The zero-order valence-corrected chi connectivity index (χ0v) is 21.0. The Morgan fingerprint density at radius 1 is 1.06 bits per heavy atom. The Morgan fingerprint density at radius 3 is 2.47 bits per heavy atom. The second-order valence-corrected chi connectivity index (χ2v) is 8.95. The summed E-state index contributed by atoms with van der Waals surface area (Å²) in [5.41, 5.74) is 1.77. The molecule has 7 nitrogen and oxygen atoms in total. The normalized spacial score (nSPS) is 10.9. The van der Waals surface area contributed by atoms with Crippen molar-refractivity contribution in [1.82, 2.24) is 14.9 Å². The zero-order valence-electron chi connectivity index (χ0n) is 20.2. The highest BCUT2D eigenvalue weighted by Crippen LogP contribution is 2.29. The first-order chi connectivity index (χ1) is 17.4. The van der Waals surface area contributed by atoms with Crippen LogP contribution in [0.5, 0.6) is 11.5 Å². The summed E-state index contributed by atoms with van der Waals surface area (Å²) in [4.78, 5) is 31.0. The number of fused-ring (bicyclic) bond motifs is 1. The van der Waals surface area contributed by atoms with Crippen molar-refractivity contribution in [3.05, 3.63) is 88.0 Å². The quantitative estimate of drug-likeness (QED) is 0.254. The number of thioether (sulfide) groups is 1. The number of benzene rings is 3. The molecule has 1 N–H and O–H groups in total. The Labute approximate surface area is 212 Å². The molecule has 186 valence electrons. The van der Waals surface area contributed by atoms with Crippen molar-refractivity contribution in [2.45, 2.75) is 24.3 Å². The Hall–Kier alpha value is -3.85. The largest absolute Gasteiger partial charge is 0.497 e. The van der Waals surface area contributed by atoms with Crippen LogP contribution < -0.4 is 20.3 Å². The molecular weight excluding hydrogens is 481 g/mol. The molecule has 0 bridgehead atoms. The Bertz CT molecular complexity index is 1450. The molecule has 9 heteroatoms. The third-order valence-corrected chi connectivity index (χ3v) is 6.50. The lowest BCUT2D eigenvalue weighted by Gasteiger charge is -2.16. The lowest BCUT2D eigenvalue weighted by Crippen LogP contribution is -2.25. The summed E-state index contributed by atoms with van der Waals surface area (Å²) in [6, 6.07) is 16.3. The van der Waals surface area contributed by atoms with Gasteiger partial charge in [0.25, 0.3) is 11.5 Å². The van der Waals surface area contributed by atoms with Gasteiger partial charge in [-0.3, -0.25) is 14.2 Å². The Balaban J connectivity index is 1.87. The molecule has 36 heavy (non-hydrogen) atoms. The molecule has 0 radical (unpaired) electrons. The van der Waals surface area contributed by atoms with Crippen LogP contribution in [0.15, 0.2) is 70.6 Å². The van der Waals surface area contributed by atoms with Crippen LogP contribution in [0, 0.1) is 5.82 Å². The molecule has 0 aliphatic rings. The van der Waals surface area contributed by atoms with Crippen molar-refractivity contribution in [3.63, 3.8) is 0 Å². The van der Waals surface area contributed by atoms with E-state index in [-0.39, 0.29) is 17.3 Å². The maximum Gasteiger partial charge on any atom is 0.266 e. The first kappa shape index (κ1) is 25.2. The van der Waals surface area contributed by atoms with Crippen LogP contribution in [0.4, 0.5) is 4.39 Å². The summed E-state index contributed by atoms with van der Waals surface area (Å²) in [6.07, 6.45) is 0.813. The van der Waals surface area contributed by atoms with Crippen LogP contribution >= 0.6 is 11.8 Å². The number of hydrogen-bond donors (Lipinski definition) is 1. The van der Waals surface area contributed by atoms with Crippen LogP contribution in [-0.2, 0) is 5.75 Å². The van der Waals surface area contributed by atoms with Gasteiger partial charge in [0.05, 0.1) is 30.8 Å². The van der Waals surface area contributed by atoms with E-state index in [0.29, 0.717) is 51.1 Å². The van der Waals surface area contributed by atoms with Gasteiger partial charge in [0, 0.05) is 36.1 Å². The second kappa shape index (κ2) is 11.3. The molecule has 4 rings (SSSR count). The molecule has 4 aromatic rings. The number of amides is 1. The third-order valence-electron chi connectivity index (χ3n) is 5.49. The number of hydrogen-bond acceptors (Lipinski definition) is 6. The van der Waals surface area contributed by atoms with Crippen molar-refractivity contribution in [1.29, 1.82) is 0 Å². The average Bonchev–Trinajstić information content (AvgIpc) is 2.89. The molecular formula is C27H26FN3O4S. The molecule has 0 spiro atoms. The number of aromatic nitrogens is 2. The van der Waals surface area contributed by atoms with Gasteiger partial charge in [0.1, 0.15) is 17.3 Å². The van der Waals surface area contributed by atoms with E-state index < -0.39 is 0 Å². The zero-order chi connectivity index (χ0) is 25.7. The molecule has 1 amide bonds. The van der Waals surface area contributed by atoms with Crippen molar-refractivity contribution >= 4 is 28.6 Å². The number of rotatable bonds is 9. The molecule has 0 aliphatic heterocycles. The fourth-order valence-electron chi connectivity index (χ4n) is 3.67. The van der Waals surface area contributed by atoms with Crippen molar-refractivity contribution in [3.8, 4) is 17.2 Å². The molecule has 0 saturated heterocycles. The molecule has 0 atom stereocenters. The lowest BCUT2D eigenvalue weighted by molar-refractivity contribution is 0.0953. The van der Waals surface area contributed by atoms with Gasteiger partial charge in [-0.2, -0.15) is 0 Å². The molecule has 0 aliphatic carbocycles. The van der Waals surface area contributed by atoms with Crippen molar-refractivity contribution in [2.24, 2.45) is 0 Å². The Morgan fingerprint density at radius 2 is 1.81 bits per heavy atom. The highest BCUT2D eigenvalue weighted by molar-refractivity contribution is 7.98. The molecule has 1 aromatic heterocycles. The van der Waals surface area contributed by atoms with Gasteiger partial charge < -0.3 is 14.8 Å². The lowest BCUT2D eigenvalue weighted by atomic mass is 10.1. The van der Waals surface area contributed by atoms with E-state index in [1.807, 2.05) is 13.0 Å². The second-order valence-electron chi connectivity index (χ2n) is 8.01. The number of methoxy groups -OCH3 is 2. The van der Waals surface area contributed by atoms with E-state index in [1.165, 1.54) is 42.7 Å². The maximum atomic E-state index is 13.7. The minimum atomic E-state index is -0.336. The minimum absolute atomic E-state index is 0.226. The van der Waals surface area contributed by atoms with Crippen LogP contribution in [0.1, 0.15) is 29.3 Å². The number of carbonyl (C=O) groups is 1. The number of ether oxygens (including phenoxy) is 2. The third kappa shape index (κ3) is 5.52. The summed E-state index contributed by atoms with van der Waals surface area (Å²) in [5, 5.41) is 3.59. The standard InChI is InChI=1S/C27H26FN3O4S/c1-4-10-29-25(32)18-8-9-23-24(12-18)30-27(36-16-17-6-5-7-19(28)11-17)31(26(23)33)20-13-21(34-2)15-22(14-20)35-3/h5-9,11-15H,4,10,16H2,1-3H3,(H,29,32). The SMILES string of the molecule is CCCNC(=O)c1ccc2c(=O)n(-c3cc(OC)cc(OC)c3)c(SCc3cccc(F)c3)nc2c1. The highest BCUT2D eigenvalue weighted by Gasteiger charge is 2.17. The maximum absolute atomic E-state index is 13.7. The van der Waals surface area contributed by atoms with E-state index in [0.717, 1.165) is 12.0 Å².